The van der Waals surface area contributed by atoms with Gasteiger partial charge in [0, 0.05) is 23.2 Å². The van der Waals surface area contributed by atoms with Crippen molar-refractivity contribution in [2.24, 2.45) is 0 Å². The number of anilines is 2. The van der Waals surface area contributed by atoms with Crippen molar-refractivity contribution in [1.29, 1.82) is 0 Å². The number of amides is 2. The quantitative estimate of drug-likeness (QED) is 0.496. The molecule has 0 bridgehead atoms. The smallest absolute Gasteiger partial charge is 0.306 e. The monoisotopic (exact) mass is 348 g/mol. The molecule has 2 N–H and O–H groups in total. The topological polar surface area (TPSA) is 66.9 Å². The molecule has 2 heterocycles. The fourth-order valence-corrected chi connectivity index (χ4v) is 2.91. The first-order valence-electron chi connectivity index (χ1n) is 7.67. The Hall–Kier alpha value is -3.18. The molecule has 25 heavy (non-hydrogen) atoms. The summed E-state index contributed by atoms with van der Waals surface area (Å²) < 4.78 is 0. The van der Waals surface area contributed by atoms with E-state index in [1.165, 1.54) is 0 Å². The Kier molecular flexibility index (Phi) is 3.91. The van der Waals surface area contributed by atoms with Crippen molar-refractivity contribution in [3.8, 4) is 0 Å². The molecule has 0 saturated carbocycles. The van der Waals surface area contributed by atoms with Gasteiger partial charge in [-0.1, -0.05) is 29.8 Å². The second-order valence-electron chi connectivity index (χ2n) is 5.46. The number of fused-ring (bicyclic) bond motifs is 3. The molecule has 0 aliphatic heterocycles. The molecular weight excluding hydrogens is 336 g/mol. The van der Waals surface area contributed by atoms with Crippen LogP contribution < -0.4 is 10.6 Å². The predicted octanol–water partition coefficient (Wildman–Crippen LogP) is 5.08. The Balaban J connectivity index is 1.73. The number of para-hydroxylation sites is 1. The van der Waals surface area contributed by atoms with Gasteiger partial charge in [-0.3, -0.25) is 9.97 Å². The Morgan fingerprint density at radius 1 is 0.840 bits per heavy atom. The minimum absolute atomic E-state index is 0.386. The van der Waals surface area contributed by atoms with Gasteiger partial charge in [-0.05, 0) is 36.4 Å². The van der Waals surface area contributed by atoms with Crippen LogP contribution in [-0.4, -0.2) is 16.0 Å². The Morgan fingerprint density at radius 3 is 2.40 bits per heavy atom. The highest BCUT2D eigenvalue weighted by atomic mass is 35.5. The normalized spacial score (nSPS) is 10.8. The minimum atomic E-state index is -0.386. The first kappa shape index (κ1) is 15.4. The number of aromatic nitrogens is 2. The van der Waals surface area contributed by atoms with E-state index in [0.29, 0.717) is 21.9 Å². The van der Waals surface area contributed by atoms with Crippen LogP contribution in [0.4, 0.5) is 16.2 Å². The van der Waals surface area contributed by atoms with Gasteiger partial charge in [0.1, 0.15) is 0 Å². The second-order valence-corrected chi connectivity index (χ2v) is 5.86. The predicted molar refractivity (Wildman–Crippen MR) is 101 cm³/mol. The summed E-state index contributed by atoms with van der Waals surface area (Å²) >= 11 is 6.08. The number of hydrogen-bond acceptors (Lipinski definition) is 3. The summed E-state index contributed by atoms with van der Waals surface area (Å²) in [6.07, 6.45) is 3.43. The maximum absolute atomic E-state index is 12.4. The number of carbonyl (C=O) groups is 1. The summed E-state index contributed by atoms with van der Waals surface area (Å²) in [7, 11) is 0. The minimum Gasteiger partial charge on any atom is -0.306 e. The maximum Gasteiger partial charge on any atom is 0.323 e. The van der Waals surface area contributed by atoms with E-state index in [4.69, 9.17) is 11.6 Å². The van der Waals surface area contributed by atoms with Gasteiger partial charge in [-0.2, -0.15) is 0 Å². The van der Waals surface area contributed by atoms with Crippen molar-refractivity contribution in [2.75, 3.05) is 10.6 Å². The van der Waals surface area contributed by atoms with E-state index < -0.39 is 0 Å². The number of hydrogen-bond donors (Lipinski definition) is 2. The van der Waals surface area contributed by atoms with Crippen molar-refractivity contribution in [3.63, 3.8) is 0 Å². The molecule has 4 rings (SSSR count). The van der Waals surface area contributed by atoms with Crippen LogP contribution in [0.5, 0.6) is 0 Å². The largest absolute Gasteiger partial charge is 0.323 e. The zero-order chi connectivity index (χ0) is 17.2. The fourth-order valence-electron chi connectivity index (χ4n) is 2.73. The molecule has 122 valence electrons. The number of halogens is 1. The summed E-state index contributed by atoms with van der Waals surface area (Å²) in [5, 5.41) is 7.89. The molecule has 0 fully saturated rings. The lowest BCUT2D eigenvalue weighted by atomic mass is 10.1. The van der Waals surface area contributed by atoms with Crippen molar-refractivity contribution in [1.82, 2.24) is 9.97 Å². The first-order chi connectivity index (χ1) is 12.2. The first-order valence-corrected chi connectivity index (χ1v) is 8.05. The van der Waals surface area contributed by atoms with Crippen LogP contribution in [0.2, 0.25) is 5.02 Å². The molecular formula is C19H13ClN4O. The molecule has 0 unspecified atom stereocenters. The van der Waals surface area contributed by atoms with E-state index in [1.54, 1.807) is 36.7 Å². The number of urea groups is 1. The van der Waals surface area contributed by atoms with E-state index in [0.717, 1.165) is 16.3 Å². The average Bonchev–Trinajstić information content (AvgIpc) is 2.64. The van der Waals surface area contributed by atoms with Crippen molar-refractivity contribution in [3.05, 3.63) is 72.0 Å². The highest BCUT2D eigenvalue weighted by molar-refractivity contribution is 6.33. The Morgan fingerprint density at radius 2 is 1.56 bits per heavy atom. The summed E-state index contributed by atoms with van der Waals surface area (Å²) in [5.41, 5.74) is 2.69. The summed E-state index contributed by atoms with van der Waals surface area (Å²) in [6, 6.07) is 16.1. The molecule has 2 aromatic carbocycles. The van der Waals surface area contributed by atoms with Crippen LogP contribution in [0, 0.1) is 0 Å². The summed E-state index contributed by atoms with van der Waals surface area (Å²) in [5.74, 6) is 0. The van der Waals surface area contributed by atoms with Gasteiger partial charge >= 0.3 is 6.03 Å². The molecule has 2 amide bonds. The van der Waals surface area contributed by atoms with E-state index >= 15 is 0 Å². The Labute approximate surface area is 148 Å². The van der Waals surface area contributed by atoms with Crippen LogP contribution >= 0.6 is 11.6 Å². The van der Waals surface area contributed by atoms with Crippen LogP contribution in [0.15, 0.2) is 67.0 Å². The highest BCUT2D eigenvalue weighted by Crippen LogP contribution is 2.29. The molecule has 0 aliphatic rings. The van der Waals surface area contributed by atoms with Gasteiger partial charge in [-0.25, -0.2) is 4.79 Å². The zero-order valence-electron chi connectivity index (χ0n) is 13.0. The third-order valence-corrected chi connectivity index (χ3v) is 4.16. The second kappa shape index (κ2) is 6.37. The SMILES string of the molecule is O=C(Nc1ccccc1Cl)Nc1cc2cccnc2c2cccnc12. The maximum atomic E-state index is 12.4. The summed E-state index contributed by atoms with van der Waals surface area (Å²) in [4.78, 5) is 21.2. The van der Waals surface area contributed by atoms with E-state index in [-0.39, 0.29) is 6.03 Å². The fraction of sp³-hybridized carbons (Fsp3) is 0. The van der Waals surface area contributed by atoms with Crippen molar-refractivity contribution >= 4 is 50.8 Å². The van der Waals surface area contributed by atoms with Gasteiger partial charge in [0.25, 0.3) is 0 Å². The summed E-state index contributed by atoms with van der Waals surface area (Å²) in [6.45, 7) is 0. The lowest BCUT2D eigenvalue weighted by Crippen LogP contribution is -2.20. The van der Waals surface area contributed by atoms with Gasteiger partial charge in [0.05, 0.1) is 27.4 Å². The van der Waals surface area contributed by atoms with E-state index in [2.05, 4.69) is 20.6 Å². The number of carbonyl (C=O) groups excluding carboxylic acids is 1. The van der Waals surface area contributed by atoms with Crippen molar-refractivity contribution in [2.45, 2.75) is 0 Å². The van der Waals surface area contributed by atoms with Gasteiger partial charge in [0.15, 0.2) is 0 Å². The molecule has 0 saturated heterocycles. The highest BCUT2D eigenvalue weighted by Gasteiger charge is 2.11. The number of nitrogens with zero attached hydrogens (tertiary/aromatic N) is 2. The van der Waals surface area contributed by atoms with Crippen LogP contribution in [-0.2, 0) is 0 Å². The lowest BCUT2D eigenvalue weighted by Gasteiger charge is -2.12. The van der Waals surface area contributed by atoms with E-state index in [1.807, 2.05) is 30.3 Å². The molecule has 0 atom stereocenters. The number of rotatable bonds is 2. The number of benzene rings is 2. The lowest BCUT2D eigenvalue weighted by molar-refractivity contribution is 0.262. The molecule has 4 aromatic rings. The zero-order valence-corrected chi connectivity index (χ0v) is 13.8. The number of pyridine rings is 2. The average molecular weight is 349 g/mol. The molecule has 6 heteroatoms. The van der Waals surface area contributed by atoms with Gasteiger partial charge in [-0.15, -0.1) is 0 Å². The van der Waals surface area contributed by atoms with Crippen LogP contribution in [0.25, 0.3) is 21.8 Å². The van der Waals surface area contributed by atoms with E-state index in [9.17, 15) is 4.79 Å². The molecule has 5 nitrogen and oxygen atoms in total. The Bertz CT molecular complexity index is 1100. The standard InChI is InChI=1S/C19H13ClN4O/c20-14-7-1-2-8-15(14)23-19(25)24-16-11-12-5-3-9-21-17(12)13-6-4-10-22-18(13)16/h1-11H,(H2,23,24,25). The van der Waals surface area contributed by atoms with Crippen LogP contribution in [0.1, 0.15) is 0 Å². The van der Waals surface area contributed by atoms with Gasteiger partial charge < -0.3 is 10.6 Å². The van der Waals surface area contributed by atoms with Crippen LogP contribution in [0.3, 0.4) is 0 Å². The van der Waals surface area contributed by atoms with Crippen molar-refractivity contribution < 1.29 is 4.79 Å². The third kappa shape index (κ3) is 2.97. The molecule has 0 aliphatic carbocycles. The molecule has 0 spiro atoms. The molecule has 0 radical (unpaired) electrons. The molecule has 2 aromatic heterocycles. The number of nitrogens with one attached hydrogen (secondary N) is 2. The third-order valence-electron chi connectivity index (χ3n) is 3.83. The van der Waals surface area contributed by atoms with Gasteiger partial charge in [0.2, 0.25) is 0 Å².